The lowest BCUT2D eigenvalue weighted by Gasteiger charge is -2.71. The van der Waals surface area contributed by atoms with Gasteiger partial charge in [-0.05, 0) is 271 Å². The molecular weight excluding hydrogens is 1140 g/mol. The van der Waals surface area contributed by atoms with Crippen LogP contribution in [0.1, 0.15) is 239 Å². The molecule has 19 atom stereocenters. The summed E-state index contributed by atoms with van der Waals surface area (Å²) >= 11 is 0. The number of carbonyl (C=O) groups excluding carboxylic acids is 1. The van der Waals surface area contributed by atoms with Crippen molar-refractivity contribution < 1.29 is 64.3 Å². The minimum Gasteiger partial charge on any atom is -0.507 e. The molecule has 10 spiro atoms. The quantitative estimate of drug-likeness (QED) is 0.0926. The lowest BCUT2D eigenvalue weighted by atomic mass is 9.39. The van der Waals surface area contributed by atoms with E-state index < -0.39 is 76.6 Å². The molecule has 0 radical (unpaired) electrons. The zero-order valence-corrected chi connectivity index (χ0v) is 53.5. The molecule has 4 heterocycles. The van der Waals surface area contributed by atoms with Crippen molar-refractivity contribution in [3.63, 3.8) is 0 Å². The molecule has 4 aliphatic heterocycles. The normalized spacial score (nSPS) is 47.8. The second-order valence-corrected chi connectivity index (χ2v) is 34.8. The fourth-order valence-electron chi connectivity index (χ4n) is 29.1. The van der Waals surface area contributed by atoms with Gasteiger partial charge in [0.2, 0.25) is 6.29 Å². The summed E-state index contributed by atoms with van der Waals surface area (Å²) in [6.45, 7) is 3.31. The summed E-state index contributed by atoms with van der Waals surface area (Å²) in [4.78, 5) is 26.0. The number of aliphatic hydroxyl groups is 4. The standard InChI is InChI=1S/C75H100N2O13/c1-42-55(43(2)80)59(82)56-47(58(42)81)28-44(63(85)86)29-51(56)88-64-60(83)62(84)75(54(33-79)89-64)31-50-57-48(13-14-49(57)73(90-75)21-9-17-66(36-73)23-22-65(35-66)15-3-4-16-65)71(26-27-78)41-87-34-45-30-69-38-70(32-53(69)76-77-74(50,40-69)61(45)71)37-68(18-5-6-19-68)52-12-7-10-46-11-8-20-67(46)24-25-72(52,70)39-67/h13,28-29,45-46,50,52-54,60-62,64,76-79,81-84H,3-12,14-27,30-41H2,1-2H3,(H,85,86)/t45-,46-,50-,52-,53-,54-,60-,61-,62-,64-,66-,67-,69-,70+,71+,72-,73+,74-,75-/m1/s1. The van der Waals surface area contributed by atoms with Gasteiger partial charge >= 0.3 is 5.97 Å². The highest BCUT2D eigenvalue weighted by Crippen LogP contribution is 2.86. The molecule has 3 saturated heterocycles. The number of hydrogen-bond donors (Lipinski definition) is 9. The van der Waals surface area contributed by atoms with Gasteiger partial charge in [-0.15, -0.1) is 0 Å². The summed E-state index contributed by atoms with van der Waals surface area (Å²) < 4.78 is 29.2. The Balaban J connectivity index is 0.796. The Morgan fingerprint density at radius 2 is 1.53 bits per heavy atom. The Labute approximate surface area is 530 Å². The van der Waals surface area contributed by atoms with Crippen molar-refractivity contribution in [1.29, 1.82) is 0 Å². The number of aromatic carboxylic acids is 1. The number of nitrogens with one attached hydrogen (secondary N) is 2. The number of aromatic hydroxyl groups is 2. The van der Waals surface area contributed by atoms with E-state index >= 15 is 0 Å². The SMILES string of the molecule is CC(=O)c1c(C)c(O)c2cc(C(=O)O)cc(O[C@@H]3O[C@H](CO)[C@]4(C[C@@H]5C6=C(CC=C6[C@]6(CCO)COC[C@H]7C[C@@]89C[C@]5(NN[C@@H]8C[C@]5(CC8(CCCC8)[C@H]8CCC[C@@H]%10CCC[C@]%10%11CC[C@@]85C%11)C9)[C@H]76)[C@@]5(CCC[C@]6(CCC7(CCCC7)C6)C5)O4)[C@H](O)[C@H]3O)c2c1O. The predicted molar refractivity (Wildman–Crippen MR) is 334 cm³/mol. The predicted octanol–water partition coefficient (Wildman–Crippen LogP) is 11.9. The van der Waals surface area contributed by atoms with Gasteiger partial charge in [0.05, 0.1) is 35.3 Å². The molecule has 15 heteroatoms. The average Bonchev–Trinajstić information content (AvgIpc) is 1.42. The number of allylic oxidation sites excluding steroid dienone is 1. The number of phenolic OH excluding ortho intramolecular Hbond substituents is 2. The minimum absolute atomic E-state index is 0.0214. The second-order valence-electron chi connectivity index (χ2n) is 34.8. The number of aliphatic hydroxyl groups excluding tert-OH is 4. The van der Waals surface area contributed by atoms with Gasteiger partial charge in [-0.2, -0.15) is 0 Å². The van der Waals surface area contributed by atoms with Crippen molar-refractivity contribution in [2.24, 2.45) is 72.9 Å². The van der Waals surface area contributed by atoms with Crippen LogP contribution in [0, 0.1) is 79.8 Å². The Morgan fingerprint density at radius 3 is 2.32 bits per heavy atom. The van der Waals surface area contributed by atoms with Crippen molar-refractivity contribution >= 4 is 22.5 Å². The number of hydrazine groups is 1. The molecule has 0 aromatic heterocycles. The van der Waals surface area contributed by atoms with E-state index in [1.807, 2.05) is 0 Å². The maximum absolute atomic E-state index is 13.9. The van der Waals surface area contributed by atoms with Crippen LogP contribution < -0.4 is 15.6 Å². The number of phenols is 2. The van der Waals surface area contributed by atoms with Crippen molar-refractivity contribution in [2.45, 2.75) is 267 Å². The van der Waals surface area contributed by atoms with E-state index in [-0.39, 0.29) is 86.3 Å². The number of rotatable bonds is 7. The molecule has 15 nitrogen and oxygen atoms in total. The van der Waals surface area contributed by atoms with Crippen LogP contribution in [-0.2, 0) is 14.2 Å². The number of ether oxygens (including phenoxy) is 4. The van der Waals surface area contributed by atoms with E-state index in [1.165, 1.54) is 178 Å². The van der Waals surface area contributed by atoms with Crippen LogP contribution in [0.5, 0.6) is 17.2 Å². The summed E-state index contributed by atoms with van der Waals surface area (Å²) in [5, 5.41) is 84.9. The number of carbonyl (C=O) groups is 2. The smallest absolute Gasteiger partial charge is 0.335 e. The zero-order valence-electron chi connectivity index (χ0n) is 53.5. The molecule has 0 unspecified atom stereocenters. The van der Waals surface area contributed by atoms with E-state index in [4.69, 9.17) is 18.9 Å². The molecule has 488 valence electrons. The topological polar surface area (TPSA) is 237 Å². The van der Waals surface area contributed by atoms with Crippen LogP contribution in [0.25, 0.3) is 10.8 Å². The lowest BCUT2D eigenvalue weighted by molar-refractivity contribution is -0.349. The first-order valence-corrected chi connectivity index (χ1v) is 36.2. The van der Waals surface area contributed by atoms with E-state index in [9.17, 15) is 45.3 Å². The van der Waals surface area contributed by atoms with Crippen LogP contribution >= 0.6 is 0 Å². The second kappa shape index (κ2) is 19.5. The van der Waals surface area contributed by atoms with Crippen LogP contribution in [-0.4, -0.2) is 121 Å². The summed E-state index contributed by atoms with van der Waals surface area (Å²) in [6.07, 6.45) is 33.2. The number of hydrogen-bond acceptors (Lipinski definition) is 14. The van der Waals surface area contributed by atoms with Gasteiger partial charge in [-0.3, -0.25) is 15.6 Å². The van der Waals surface area contributed by atoms with Crippen molar-refractivity contribution in [3.8, 4) is 17.2 Å². The fourth-order valence-corrected chi connectivity index (χ4v) is 29.1. The van der Waals surface area contributed by atoms with Crippen LogP contribution in [0.15, 0.2) is 34.9 Å². The first-order valence-electron chi connectivity index (χ1n) is 36.2. The van der Waals surface area contributed by atoms with Gasteiger partial charge in [0.1, 0.15) is 41.2 Å². The monoisotopic (exact) mass is 1240 g/mol. The molecule has 14 fully saturated rings. The highest BCUT2D eigenvalue weighted by molar-refractivity contribution is 6.11. The van der Waals surface area contributed by atoms with Gasteiger partial charge in [0.15, 0.2) is 5.78 Å². The first-order chi connectivity index (χ1) is 43.3. The molecule has 11 saturated carbocycles. The van der Waals surface area contributed by atoms with Crippen LogP contribution in [0.2, 0.25) is 0 Å². The van der Waals surface area contributed by atoms with E-state index in [0.29, 0.717) is 54.1 Å². The molecular formula is C75H100N2O13. The highest BCUT2D eigenvalue weighted by atomic mass is 16.7. The van der Waals surface area contributed by atoms with Gasteiger partial charge in [0.25, 0.3) is 0 Å². The molecule has 16 aliphatic rings. The minimum atomic E-state index is -1.84. The Kier molecular flexibility index (Phi) is 12.8. The molecule has 0 amide bonds. The summed E-state index contributed by atoms with van der Waals surface area (Å²) in [7, 11) is 0. The Hall–Kier alpha value is -3.64. The molecule has 2 aromatic carbocycles. The van der Waals surface area contributed by atoms with Crippen molar-refractivity contribution in [3.05, 3.63) is 51.6 Å². The maximum atomic E-state index is 13.9. The van der Waals surface area contributed by atoms with E-state index in [2.05, 4.69) is 16.9 Å². The fraction of sp³-hybridized carbons (Fsp3) is 0.787. The molecule has 12 aliphatic carbocycles. The molecule has 90 heavy (non-hydrogen) atoms. The third-order valence-electron chi connectivity index (χ3n) is 31.5. The van der Waals surface area contributed by atoms with Gasteiger partial charge in [-0.25, -0.2) is 4.79 Å². The lowest BCUT2D eigenvalue weighted by Crippen LogP contribution is -2.81. The van der Waals surface area contributed by atoms with Gasteiger partial charge in [0, 0.05) is 47.1 Å². The highest BCUT2D eigenvalue weighted by Gasteiger charge is 2.81. The van der Waals surface area contributed by atoms with Crippen molar-refractivity contribution in [2.75, 3.05) is 26.4 Å². The maximum Gasteiger partial charge on any atom is 0.335 e. The Bertz CT molecular complexity index is 3450. The van der Waals surface area contributed by atoms with Crippen molar-refractivity contribution in [1.82, 2.24) is 10.9 Å². The number of carboxylic acid groups (broad SMARTS) is 1. The third kappa shape index (κ3) is 7.41. The molecule has 2 aromatic rings. The van der Waals surface area contributed by atoms with E-state index in [1.54, 1.807) is 0 Å². The van der Waals surface area contributed by atoms with Gasteiger partial charge < -0.3 is 54.7 Å². The zero-order chi connectivity index (χ0) is 61.6. The van der Waals surface area contributed by atoms with Crippen LogP contribution in [0.4, 0.5) is 0 Å². The number of Topliss-reactive ketones (excluding diaryl/α,β-unsaturated/α-hetero) is 1. The summed E-state index contributed by atoms with van der Waals surface area (Å²) in [5.74, 6) is -1.55. The molecule has 9 N–H and O–H groups in total. The number of ketones is 1. The third-order valence-corrected chi connectivity index (χ3v) is 31.5. The summed E-state index contributed by atoms with van der Waals surface area (Å²) in [5.41, 5.74) is 10.1. The molecule has 4 bridgehead atoms. The van der Waals surface area contributed by atoms with Gasteiger partial charge in [-0.1, -0.05) is 44.6 Å². The summed E-state index contributed by atoms with van der Waals surface area (Å²) in [6, 6.07) is 2.63. The first kappa shape index (κ1) is 58.9. The number of carboxylic acids is 1. The van der Waals surface area contributed by atoms with E-state index in [0.717, 1.165) is 56.8 Å². The largest absolute Gasteiger partial charge is 0.507 e. The number of benzene rings is 2. The molecule has 18 rings (SSSR count). The average molecular weight is 1240 g/mol. The van der Waals surface area contributed by atoms with Crippen LogP contribution in [0.3, 0.4) is 0 Å². The number of fused-ring (bicyclic) bond motifs is 4. The Morgan fingerprint density at radius 1 is 0.767 bits per heavy atom.